The summed E-state index contributed by atoms with van der Waals surface area (Å²) in [5, 5.41) is 10.0. The van der Waals surface area contributed by atoms with E-state index in [-0.39, 0.29) is 12.2 Å². The van der Waals surface area contributed by atoms with Crippen molar-refractivity contribution in [1.29, 1.82) is 0 Å². The lowest BCUT2D eigenvalue weighted by Crippen LogP contribution is -2.15. The molecule has 0 aliphatic carbocycles. The third-order valence-corrected chi connectivity index (χ3v) is 2.87. The van der Waals surface area contributed by atoms with Gasteiger partial charge in [0.1, 0.15) is 18.5 Å². The first-order valence-corrected chi connectivity index (χ1v) is 6.13. The van der Waals surface area contributed by atoms with E-state index >= 15 is 0 Å². The fraction of sp³-hybridized carbons (Fsp3) is 0.133. The van der Waals surface area contributed by atoms with Crippen LogP contribution in [0.25, 0.3) is 0 Å². The zero-order valence-corrected chi connectivity index (χ0v) is 10.8. The number of ether oxygens (including phenoxy) is 1. The summed E-state index contributed by atoms with van der Waals surface area (Å²) >= 11 is 0. The summed E-state index contributed by atoms with van der Waals surface area (Å²) < 4.78 is 5.46. The maximum absolute atomic E-state index is 11.2. The largest absolute Gasteiger partial charge is 0.490 e. The van der Waals surface area contributed by atoms with E-state index in [0.717, 1.165) is 0 Å². The predicted molar refractivity (Wildman–Crippen MR) is 76.3 cm³/mol. The number of hydrogen-bond acceptors (Lipinski definition) is 4. The molecule has 0 radical (unpaired) electrons. The Morgan fingerprint density at radius 3 is 2.45 bits per heavy atom. The van der Waals surface area contributed by atoms with E-state index in [1.807, 2.05) is 0 Å². The normalized spacial score (nSPS) is 11.8. The van der Waals surface area contributed by atoms with Gasteiger partial charge in [-0.2, -0.15) is 0 Å². The summed E-state index contributed by atoms with van der Waals surface area (Å²) in [6, 6.07) is 13.5. The van der Waals surface area contributed by atoms with Crippen LogP contribution in [0, 0.1) is 0 Å². The molecule has 0 aromatic heterocycles. The number of hydrogen-bond donors (Lipinski definition) is 3. The second-order valence-electron chi connectivity index (χ2n) is 4.35. The fourth-order valence-corrected chi connectivity index (χ4v) is 1.78. The molecule has 0 heterocycles. The highest BCUT2D eigenvalue weighted by atomic mass is 16.5. The van der Waals surface area contributed by atoms with Gasteiger partial charge in [0.2, 0.25) is 0 Å². The minimum absolute atomic E-state index is 0.0220. The van der Waals surface area contributed by atoms with Gasteiger partial charge in [0.15, 0.2) is 0 Å². The molecule has 5 N–H and O–H groups in total. The summed E-state index contributed by atoms with van der Waals surface area (Å²) in [4.78, 5) is 11.2. The van der Waals surface area contributed by atoms with E-state index in [0.29, 0.717) is 17.0 Å². The highest BCUT2D eigenvalue weighted by molar-refractivity contribution is 5.95. The van der Waals surface area contributed by atoms with Gasteiger partial charge in [-0.05, 0) is 29.8 Å². The van der Waals surface area contributed by atoms with Gasteiger partial charge in [0.25, 0.3) is 5.91 Å². The number of anilines is 1. The lowest BCUT2D eigenvalue weighted by atomic mass is 10.1. The fourth-order valence-electron chi connectivity index (χ4n) is 1.78. The number of primary amides is 1. The van der Waals surface area contributed by atoms with Crippen LogP contribution in [0.15, 0.2) is 48.5 Å². The summed E-state index contributed by atoms with van der Waals surface area (Å²) in [6.07, 6.45) is -0.809. The first-order valence-electron chi connectivity index (χ1n) is 6.13. The van der Waals surface area contributed by atoms with Crippen molar-refractivity contribution in [2.75, 3.05) is 12.3 Å². The molecule has 2 rings (SSSR count). The Morgan fingerprint density at radius 1 is 1.15 bits per heavy atom. The highest BCUT2D eigenvalue weighted by Crippen LogP contribution is 2.20. The van der Waals surface area contributed by atoms with Crippen molar-refractivity contribution in [1.82, 2.24) is 0 Å². The van der Waals surface area contributed by atoms with E-state index in [4.69, 9.17) is 16.2 Å². The smallest absolute Gasteiger partial charge is 0.252 e. The van der Waals surface area contributed by atoms with Crippen LogP contribution in [0.4, 0.5) is 5.69 Å². The van der Waals surface area contributed by atoms with Gasteiger partial charge in [0, 0.05) is 5.69 Å². The van der Waals surface area contributed by atoms with E-state index in [1.165, 1.54) is 0 Å². The van der Waals surface area contributed by atoms with Gasteiger partial charge in [-0.3, -0.25) is 4.79 Å². The molecular weight excluding hydrogens is 256 g/mol. The summed E-state index contributed by atoms with van der Waals surface area (Å²) in [7, 11) is 0. The molecule has 1 amide bonds. The Balaban J connectivity index is 2.05. The molecule has 2 aromatic carbocycles. The Bertz CT molecular complexity index is 596. The number of benzene rings is 2. The number of aliphatic hydroxyl groups excluding tert-OH is 1. The van der Waals surface area contributed by atoms with Gasteiger partial charge < -0.3 is 21.3 Å². The Morgan fingerprint density at radius 2 is 1.80 bits per heavy atom. The van der Waals surface area contributed by atoms with Gasteiger partial charge >= 0.3 is 0 Å². The zero-order chi connectivity index (χ0) is 14.5. The minimum atomic E-state index is -0.809. The van der Waals surface area contributed by atoms with Crippen LogP contribution in [0.2, 0.25) is 0 Å². The second-order valence-corrected chi connectivity index (χ2v) is 4.35. The lowest BCUT2D eigenvalue weighted by molar-refractivity contribution is 0.0967. The number of amides is 1. The van der Waals surface area contributed by atoms with Gasteiger partial charge in [-0.1, -0.05) is 24.3 Å². The number of carbonyl (C=O) groups excluding carboxylic acids is 1. The van der Waals surface area contributed by atoms with Gasteiger partial charge in [-0.15, -0.1) is 0 Å². The molecule has 0 spiro atoms. The summed E-state index contributed by atoms with van der Waals surface area (Å²) in [5.74, 6) is -0.211. The van der Waals surface area contributed by atoms with E-state index in [2.05, 4.69) is 0 Å². The van der Waals surface area contributed by atoms with Crippen molar-refractivity contribution >= 4 is 11.6 Å². The molecule has 5 heteroatoms. The quantitative estimate of drug-likeness (QED) is 0.718. The van der Waals surface area contributed by atoms with E-state index < -0.39 is 12.0 Å². The number of nitrogen functional groups attached to an aromatic ring is 1. The van der Waals surface area contributed by atoms with Gasteiger partial charge in [0.05, 0.1) is 5.56 Å². The van der Waals surface area contributed by atoms with Crippen molar-refractivity contribution in [2.24, 2.45) is 5.73 Å². The number of nitrogens with two attached hydrogens (primary N) is 2. The van der Waals surface area contributed by atoms with E-state index in [1.54, 1.807) is 48.5 Å². The molecular formula is C15H16N2O3. The SMILES string of the molecule is NC(=O)c1ccccc1OCC(O)c1ccc(N)cc1. The molecule has 0 bridgehead atoms. The van der Waals surface area contributed by atoms with Crippen LogP contribution >= 0.6 is 0 Å². The molecule has 1 atom stereocenters. The van der Waals surface area contributed by atoms with E-state index in [9.17, 15) is 9.90 Å². The third kappa shape index (κ3) is 3.27. The molecule has 2 aromatic rings. The molecule has 0 fully saturated rings. The third-order valence-electron chi connectivity index (χ3n) is 2.87. The van der Waals surface area contributed by atoms with Crippen molar-refractivity contribution in [3.05, 3.63) is 59.7 Å². The highest BCUT2D eigenvalue weighted by Gasteiger charge is 2.12. The average molecular weight is 272 g/mol. The van der Waals surface area contributed by atoms with Crippen molar-refractivity contribution in [3.63, 3.8) is 0 Å². The Kier molecular flexibility index (Phi) is 4.22. The number of rotatable bonds is 5. The minimum Gasteiger partial charge on any atom is -0.490 e. The van der Waals surface area contributed by atoms with Crippen molar-refractivity contribution in [3.8, 4) is 5.75 Å². The topological polar surface area (TPSA) is 98.6 Å². The molecule has 20 heavy (non-hydrogen) atoms. The van der Waals surface area contributed by atoms with Crippen LogP contribution in [0.3, 0.4) is 0 Å². The first kappa shape index (κ1) is 13.9. The summed E-state index contributed by atoms with van der Waals surface area (Å²) in [6.45, 7) is 0.0220. The second kappa shape index (κ2) is 6.08. The van der Waals surface area contributed by atoms with Crippen LogP contribution in [0.5, 0.6) is 5.75 Å². The molecule has 1 unspecified atom stereocenters. The van der Waals surface area contributed by atoms with Crippen LogP contribution in [-0.4, -0.2) is 17.6 Å². The number of aliphatic hydroxyl groups is 1. The summed E-state index contributed by atoms with van der Waals surface area (Å²) in [5.41, 5.74) is 12.4. The first-order chi connectivity index (χ1) is 9.58. The standard InChI is InChI=1S/C15H16N2O3/c16-11-7-5-10(6-8-11)13(18)9-20-14-4-2-1-3-12(14)15(17)19/h1-8,13,18H,9,16H2,(H2,17,19). The lowest BCUT2D eigenvalue weighted by Gasteiger charge is -2.14. The molecule has 104 valence electrons. The predicted octanol–water partition coefficient (Wildman–Crippen LogP) is 1.48. The van der Waals surface area contributed by atoms with Crippen LogP contribution in [-0.2, 0) is 0 Å². The van der Waals surface area contributed by atoms with Crippen molar-refractivity contribution < 1.29 is 14.6 Å². The molecule has 0 aliphatic heterocycles. The molecule has 0 aliphatic rings. The Labute approximate surface area is 116 Å². The maximum atomic E-state index is 11.2. The molecule has 0 saturated heterocycles. The molecule has 0 saturated carbocycles. The number of carbonyl (C=O) groups is 1. The monoisotopic (exact) mass is 272 g/mol. The van der Waals surface area contributed by atoms with Gasteiger partial charge in [-0.25, -0.2) is 0 Å². The molecule has 5 nitrogen and oxygen atoms in total. The Hall–Kier alpha value is -2.53. The van der Waals surface area contributed by atoms with Crippen LogP contribution in [0.1, 0.15) is 22.0 Å². The van der Waals surface area contributed by atoms with Crippen molar-refractivity contribution in [2.45, 2.75) is 6.10 Å². The van der Waals surface area contributed by atoms with Crippen LogP contribution < -0.4 is 16.2 Å². The zero-order valence-electron chi connectivity index (χ0n) is 10.8. The average Bonchev–Trinajstić information content (AvgIpc) is 2.45. The maximum Gasteiger partial charge on any atom is 0.252 e. The number of para-hydroxylation sites is 1.